The van der Waals surface area contributed by atoms with E-state index in [1.807, 2.05) is 12.1 Å². The SMILES string of the molecule is CCCC1[C-]=CC(C(C)(C)C)=C1.C[C](=[Zr+2])c1ccccc1.[Cl-].[Cl-].[c-]1cccc2c1Cc1ccccc1-2. The van der Waals surface area contributed by atoms with Crippen molar-refractivity contribution in [3.8, 4) is 11.1 Å². The van der Waals surface area contributed by atoms with Crippen LogP contribution in [0.1, 0.15) is 64.2 Å². The second-order valence-corrected chi connectivity index (χ2v) is 11.8. The van der Waals surface area contributed by atoms with Gasteiger partial charge >= 0.3 is 70.3 Å². The van der Waals surface area contributed by atoms with Crippen molar-refractivity contribution in [3.63, 3.8) is 0 Å². The Balaban J connectivity index is 0.000000267. The fourth-order valence-corrected chi connectivity index (χ4v) is 4.55. The predicted octanol–water partition coefficient (Wildman–Crippen LogP) is 2.59. The number of rotatable bonds is 3. The van der Waals surface area contributed by atoms with Crippen LogP contribution in [0, 0.1) is 23.5 Å². The van der Waals surface area contributed by atoms with Crippen LogP contribution in [0.2, 0.25) is 0 Å². The van der Waals surface area contributed by atoms with Crippen LogP contribution in [0.15, 0.2) is 90.5 Å². The van der Waals surface area contributed by atoms with Gasteiger partial charge in [0.15, 0.2) is 0 Å². The van der Waals surface area contributed by atoms with Gasteiger partial charge in [-0.2, -0.15) is 41.5 Å². The summed E-state index contributed by atoms with van der Waals surface area (Å²) in [7, 11) is 0. The van der Waals surface area contributed by atoms with Gasteiger partial charge in [0, 0.05) is 0 Å². The predicted molar refractivity (Wildman–Crippen MR) is 143 cm³/mol. The first-order chi connectivity index (χ1) is 16.3. The summed E-state index contributed by atoms with van der Waals surface area (Å²) in [6, 6.07) is 28.6. The van der Waals surface area contributed by atoms with Crippen molar-refractivity contribution in [3.05, 3.63) is 119 Å². The van der Waals surface area contributed by atoms with E-state index in [1.165, 1.54) is 73.7 Å². The summed E-state index contributed by atoms with van der Waals surface area (Å²) in [5, 5.41) is 0. The molecule has 0 aromatic heterocycles. The van der Waals surface area contributed by atoms with E-state index < -0.39 is 0 Å². The molecule has 0 nitrogen and oxygen atoms in total. The molecule has 5 rings (SSSR count). The van der Waals surface area contributed by atoms with E-state index in [-0.39, 0.29) is 24.8 Å². The van der Waals surface area contributed by atoms with Crippen molar-refractivity contribution < 1.29 is 49.0 Å². The largest absolute Gasteiger partial charge is 1.00 e. The molecule has 2 aliphatic rings. The number of hydrogen-bond donors (Lipinski definition) is 0. The summed E-state index contributed by atoms with van der Waals surface area (Å²) in [6.07, 6.45) is 11.5. The third kappa shape index (κ3) is 9.41. The number of allylic oxidation sites excluding steroid dienone is 4. The quantitative estimate of drug-likeness (QED) is 0.320. The fraction of sp³-hybridized carbons (Fsp3) is 0.303. The zero-order valence-electron chi connectivity index (χ0n) is 22.0. The molecule has 0 fully saturated rings. The molecule has 0 saturated heterocycles. The van der Waals surface area contributed by atoms with Gasteiger partial charge in [0.25, 0.3) is 0 Å². The Labute approximate surface area is 246 Å². The monoisotopic (exact) mass is 592 g/mol. The molecule has 0 amide bonds. The van der Waals surface area contributed by atoms with Crippen LogP contribution < -0.4 is 24.8 Å². The molecule has 1 atom stereocenters. The van der Waals surface area contributed by atoms with Crippen LogP contribution >= 0.6 is 0 Å². The first kappa shape index (κ1) is 32.5. The van der Waals surface area contributed by atoms with E-state index in [4.69, 9.17) is 0 Å². The van der Waals surface area contributed by atoms with Gasteiger partial charge in [-0.25, -0.2) is 6.08 Å². The van der Waals surface area contributed by atoms with Crippen LogP contribution in [-0.4, -0.2) is 3.21 Å². The maximum absolute atomic E-state index is 3.40. The second-order valence-electron chi connectivity index (χ2n) is 9.97. The summed E-state index contributed by atoms with van der Waals surface area (Å²) in [6.45, 7) is 11.2. The average Bonchev–Trinajstić information content (AvgIpc) is 3.46. The molecule has 0 radical (unpaired) electrons. The van der Waals surface area contributed by atoms with Crippen molar-refractivity contribution >= 4 is 3.21 Å². The molecule has 0 spiro atoms. The first-order valence-electron chi connectivity index (χ1n) is 12.3. The Morgan fingerprint density at radius 3 is 2.14 bits per heavy atom. The van der Waals surface area contributed by atoms with Crippen LogP contribution in [0.3, 0.4) is 0 Å². The normalized spacial score (nSPS) is 14.4. The molecule has 0 saturated carbocycles. The van der Waals surface area contributed by atoms with Crippen molar-refractivity contribution in [1.29, 1.82) is 0 Å². The minimum absolute atomic E-state index is 0. The molecular formula is C33H36Cl2Zr-2. The van der Waals surface area contributed by atoms with Gasteiger partial charge in [0.1, 0.15) is 0 Å². The Kier molecular flexibility index (Phi) is 14.1. The molecular weight excluding hydrogens is 558 g/mol. The molecule has 2 aliphatic carbocycles. The van der Waals surface area contributed by atoms with Crippen LogP contribution in [0.25, 0.3) is 11.1 Å². The molecule has 3 heteroatoms. The zero-order valence-corrected chi connectivity index (χ0v) is 26.0. The third-order valence-corrected chi connectivity index (χ3v) is 6.83. The summed E-state index contributed by atoms with van der Waals surface area (Å²) < 4.78 is 1.46. The van der Waals surface area contributed by atoms with Gasteiger partial charge in [-0.05, 0) is 6.42 Å². The van der Waals surface area contributed by atoms with E-state index in [1.54, 1.807) is 0 Å². The van der Waals surface area contributed by atoms with Gasteiger partial charge in [-0.3, -0.25) is 6.08 Å². The Morgan fingerprint density at radius 1 is 0.917 bits per heavy atom. The van der Waals surface area contributed by atoms with Crippen molar-refractivity contribution in [2.45, 2.75) is 53.9 Å². The Hall–Kier alpha value is -1.53. The molecule has 3 aromatic carbocycles. The van der Waals surface area contributed by atoms with Crippen LogP contribution in [0.4, 0.5) is 0 Å². The van der Waals surface area contributed by atoms with Crippen molar-refractivity contribution in [2.75, 3.05) is 0 Å². The fourth-order valence-electron chi connectivity index (χ4n) is 4.14. The smallest absolute Gasteiger partial charge is 0.0253 e. The third-order valence-electron chi connectivity index (χ3n) is 6.12. The molecule has 36 heavy (non-hydrogen) atoms. The summed E-state index contributed by atoms with van der Waals surface area (Å²) in [5.74, 6) is 0.587. The molecule has 188 valence electrons. The molecule has 1 unspecified atom stereocenters. The van der Waals surface area contributed by atoms with Gasteiger partial charge in [0.2, 0.25) is 0 Å². The number of halogens is 2. The Bertz CT molecular complexity index is 1110. The number of fused-ring (bicyclic) bond motifs is 3. The topological polar surface area (TPSA) is 0 Å². The van der Waals surface area contributed by atoms with E-state index in [0.29, 0.717) is 11.3 Å². The van der Waals surface area contributed by atoms with Gasteiger partial charge in [-0.15, -0.1) is 5.56 Å². The van der Waals surface area contributed by atoms with Gasteiger partial charge in [-0.1, -0.05) is 87.3 Å². The molecule has 0 aliphatic heterocycles. The summed E-state index contributed by atoms with van der Waals surface area (Å²) in [5.41, 5.74) is 8.63. The standard InChI is InChI=1S/C13H9.C12H19.C8H8.2ClH.Zr/c1-3-7-12-10(5-1)9-11-6-2-4-8-13(11)12;1-5-6-10-7-8-11(9-10)12(2,3)4;1-2-8-6-4-3-5-7-8;;;/h1-5,7-8H,9H2;8-10H,5-6H2,1-4H3;3-7H,1H3;2*1H;/q2*-1;;;;+2/p-2. The van der Waals surface area contributed by atoms with Crippen molar-refractivity contribution in [2.24, 2.45) is 11.3 Å². The molecule has 3 aromatic rings. The minimum atomic E-state index is 0. The molecule has 0 bridgehead atoms. The summed E-state index contributed by atoms with van der Waals surface area (Å²) in [4.78, 5) is 0. The van der Waals surface area contributed by atoms with E-state index in [2.05, 4.69) is 120 Å². The summed E-state index contributed by atoms with van der Waals surface area (Å²) >= 11 is 1.51. The molecule has 0 heterocycles. The molecule has 0 N–H and O–H groups in total. The number of benzene rings is 3. The van der Waals surface area contributed by atoms with E-state index >= 15 is 0 Å². The maximum Gasteiger partial charge on any atom is -0.0253 e. The van der Waals surface area contributed by atoms with Gasteiger partial charge < -0.3 is 24.8 Å². The minimum Gasteiger partial charge on any atom is -1.00 e. The van der Waals surface area contributed by atoms with Crippen molar-refractivity contribution in [1.82, 2.24) is 0 Å². The van der Waals surface area contributed by atoms with Crippen LogP contribution in [-0.2, 0) is 30.7 Å². The van der Waals surface area contributed by atoms with E-state index in [9.17, 15) is 0 Å². The van der Waals surface area contributed by atoms with Crippen LogP contribution in [0.5, 0.6) is 0 Å². The Morgan fingerprint density at radius 2 is 1.56 bits per heavy atom. The van der Waals surface area contributed by atoms with Gasteiger partial charge in [0.05, 0.1) is 0 Å². The average molecular weight is 595 g/mol. The maximum atomic E-state index is 3.40. The zero-order chi connectivity index (χ0) is 24.6. The van der Waals surface area contributed by atoms with E-state index in [0.717, 1.165) is 6.42 Å². The first-order valence-corrected chi connectivity index (χ1v) is 13.5. The number of hydrogen-bond acceptors (Lipinski definition) is 0. The second kappa shape index (κ2) is 15.7.